The van der Waals surface area contributed by atoms with Gasteiger partial charge in [-0.15, -0.1) is 0 Å². The minimum absolute atomic E-state index is 0.529. The highest BCUT2D eigenvalue weighted by Crippen LogP contribution is 2.70. The molecule has 19 heteroatoms. The van der Waals surface area contributed by atoms with Gasteiger partial charge in [-0.2, -0.15) is 0 Å². The van der Waals surface area contributed by atoms with Gasteiger partial charge in [-0.25, -0.2) is 0 Å². The summed E-state index contributed by atoms with van der Waals surface area (Å²) < 4.78 is 3.45. The quantitative estimate of drug-likeness (QED) is 0.0299. The first-order chi connectivity index (χ1) is 36.0. The number of rotatable bonds is 26. The van der Waals surface area contributed by atoms with Crippen molar-refractivity contribution in [3.63, 3.8) is 0 Å². The van der Waals surface area contributed by atoms with Crippen LogP contribution in [0.2, 0.25) is 0 Å². The maximum atomic E-state index is 8.68. The lowest BCUT2D eigenvalue weighted by Gasteiger charge is -2.47. The molecule has 6 rings (SSSR count). The van der Waals surface area contributed by atoms with Crippen molar-refractivity contribution in [3.05, 3.63) is 214 Å². The molecule has 0 amide bonds. The Balaban J connectivity index is 1.40. The summed E-state index contributed by atoms with van der Waals surface area (Å²) in [7, 11) is 0. The Morgan fingerprint density at radius 3 is 0.779 bits per heavy atom. The SMILES string of the molecule is BrC(Br)(Br)C(Br)(Br)C(Br)(Br)C(Br)(Br)CCCCCCc1ccccc1C(OC(c1ccccc1)(c1ccccc1)c1ccccc1CCCCCCC(Br)(Br)C(Br)(Br)C(Br)(Br)C(Br)(Br)Br)(c1ccccc1)c1ccccc1. The molecule has 0 unspecified atom stereocenters. The molecule has 0 bridgehead atoms. The zero-order chi connectivity index (χ0) is 56.6. The van der Waals surface area contributed by atoms with Crippen LogP contribution in [0, 0.1) is 0 Å². The second-order valence-corrected chi connectivity index (χ2v) is 53.6. The van der Waals surface area contributed by atoms with E-state index in [1.807, 2.05) is 0 Å². The summed E-state index contributed by atoms with van der Waals surface area (Å²) in [6.45, 7) is 0. The van der Waals surface area contributed by atoms with Crippen LogP contribution < -0.4 is 0 Å². The zero-order valence-corrected chi connectivity index (χ0v) is 69.4. The lowest BCUT2D eigenvalue weighted by molar-refractivity contribution is -0.0818. The van der Waals surface area contributed by atoms with E-state index in [4.69, 9.17) is 4.74 Å². The number of unbranched alkanes of at least 4 members (excludes halogenated alkanes) is 6. The molecule has 0 spiro atoms. The Bertz CT molecular complexity index is 2510. The average molecular weight is 2200 g/mol. The predicted octanol–water partition coefficient (Wildman–Crippen LogP) is 26.6. The van der Waals surface area contributed by atoms with Crippen LogP contribution in [0.3, 0.4) is 0 Å². The van der Waals surface area contributed by atoms with E-state index in [2.05, 4.69) is 457 Å². The van der Waals surface area contributed by atoms with Crippen molar-refractivity contribution in [2.45, 2.75) is 112 Å². The number of ether oxygens (including phenoxy) is 1. The standard InChI is InChI=1S/C58H52Br18O/c59-49(60,53(63,64)55(67,68)57(71,72)73)39-23-3-1-9-25-41-27-19-21-37-47(41)51(43-29-11-5-12-30-43,44-31-13-6-14-32-44)77-52(45-33-15-7-16-34-45,46-35-17-8-18-36-46)48-38-22-20-28-42(48)26-10-2-4-24-40-50(61,62)54(65,66)56(69,70)58(74,75)76/h5-8,11-22,27-38H,1-4,9-10,23-26,39-40H2. The summed E-state index contributed by atoms with van der Waals surface area (Å²) in [5.74, 6) is 0. The van der Waals surface area contributed by atoms with Crippen LogP contribution in [-0.2, 0) is 28.8 Å². The first-order valence-corrected chi connectivity index (χ1v) is 38.8. The fourth-order valence-electron chi connectivity index (χ4n) is 9.55. The fourth-order valence-corrected chi connectivity index (χ4v) is 22.3. The van der Waals surface area contributed by atoms with E-state index in [9.17, 15) is 0 Å². The molecular formula is C58H52Br18O. The lowest BCUT2D eigenvalue weighted by Crippen LogP contribution is -2.53. The van der Waals surface area contributed by atoms with Gasteiger partial charge in [0.15, 0.2) is 4.29 Å². The predicted molar refractivity (Wildman–Crippen MR) is 396 cm³/mol. The molecule has 0 N–H and O–H groups in total. The van der Waals surface area contributed by atoms with E-state index >= 15 is 0 Å². The van der Waals surface area contributed by atoms with E-state index in [0.717, 1.165) is 110 Å². The zero-order valence-electron chi connectivity index (χ0n) is 40.9. The molecule has 1 nitrogen and oxygen atoms in total. The molecule has 6 aromatic rings. The van der Waals surface area contributed by atoms with E-state index in [1.165, 1.54) is 11.1 Å². The summed E-state index contributed by atoms with van der Waals surface area (Å²) >= 11 is 69.6. The van der Waals surface area contributed by atoms with E-state index in [0.29, 0.717) is 0 Å². The molecular weight excluding hydrogens is 2150 g/mol. The number of benzene rings is 6. The molecule has 0 fully saturated rings. The van der Waals surface area contributed by atoms with Crippen LogP contribution in [0.1, 0.15) is 109 Å². The third kappa shape index (κ3) is 16.0. The smallest absolute Gasteiger partial charge is 0.162 e. The average Bonchev–Trinajstić information content (AvgIpc) is 3.48. The molecule has 0 aliphatic carbocycles. The number of alkyl halides is 18. The Hall–Kier alpha value is 3.92. The van der Waals surface area contributed by atoms with Gasteiger partial charge in [-0.05, 0) is 83.0 Å². The lowest BCUT2D eigenvalue weighted by atomic mass is 9.73. The highest BCUT2D eigenvalue weighted by Gasteiger charge is 2.65. The number of aryl methyl sites for hydroxylation is 2. The van der Waals surface area contributed by atoms with Crippen LogP contribution in [-0.4, -0.2) is 23.7 Å². The van der Waals surface area contributed by atoms with Gasteiger partial charge in [0.2, 0.25) is 0 Å². The van der Waals surface area contributed by atoms with Crippen molar-refractivity contribution in [1.82, 2.24) is 0 Å². The molecule has 0 heterocycles. The Morgan fingerprint density at radius 1 is 0.260 bits per heavy atom. The van der Waals surface area contributed by atoms with Gasteiger partial charge in [-0.3, -0.25) is 0 Å². The van der Waals surface area contributed by atoms with Gasteiger partial charge in [0, 0.05) is 0 Å². The molecule has 6 aromatic carbocycles. The number of halogens is 18. The molecule has 0 aliphatic rings. The summed E-state index contributed by atoms with van der Waals surface area (Å²) in [6, 6.07) is 61.4. The largest absolute Gasteiger partial charge is 0.340 e. The second kappa shape index (κ2) is 29.9. The summed E-state index contributed by atoms with van der Waals surface area (Å²) in [5, 5.41) is 0. The minimum Gasteiger partial charge on any atom is -0.340 e. The monoisotopic (exact) mass is 2180 g/mol. The van der Waals surface area contributed by atoms with E-state index in [1.54, 1.807) is 0 Å². The van der Waals surface area contributed by atoms with Crippen LogP contribution in [0.4, 0.5) is 0 Å². The first kappa shape index (κ1) is 70.0. The Labute approximate surface area is 607 Å². The van der Waals surface area contributed by atoms with E-state index in [-0.39, 0.29) is 0 Å². The molecule has 0 saturated heterocycles. The van der Waals surface area contributed by atoms with Gasteiger partial charge in [0.1, 0.15) is 30.6 Å². The van der Waals surface area contributed by atoms with Crippen molar-refractivity contribution < 1.29 is 4.74 Å². The maximum Gasteiger partial charge on any atom is 0.162 e. The highest BCUT2D eigenvalue weighted by molar-refractivity contribution is 9.43. The molecule has 0 radical (unpaired) electrons. The van der Waals surface area contributed by atoms with Crippen molar-refractivity contribution >= 4 is 287 Å². The normalized spacial score (nSPS) is 13.7. The minimum atomic E-state index is -1.09. The third-order valence-electron chi connectivity index (χ3n) is 13.6. The summed E-state index contributed by atoms with van der Waals surface area (Å²) in [5.41, 5.74) is 6.78. The van der Waals surface area contributed by atoms with Crippen LogP contribution in [0.15, 0.2) is 170 Å². The van der Waals surface area contributed by atoms with Gasteiger partial charge < -0.3 is 4.74 Å². The van der Waals surface area contributed by atoms with Gasteiger partial charge in [-0.1, -0.05) is 495 Å². The Kier molecular flexibility index (Phi) is 27.2. The van der Waals surface area contributed by atoms with Gasteiger partial charge >= 0.3 is 0 Å². The highest BCUT2D eigenvalue weighted by atomic mass is 80.0. The van der Waals surface area contributed by atoms with Gasteiger partial charge in [0.25, 0.3) is 0 Å². The number of hydrogen-bond donors (Lipinski definition) is 0. The van der Waals surface area contributed by atoms with Crippen molar-refractivity contribution in [3.8, 4) is 0 Å². The number of hydrogen-bond acceptors (Lipinski definition) is 1. The fraction of sp³-hybridized carbons (Fsp3) is 0.379. The van der Waals surface area contributed by atoms with Crippen LogP contribution >= 0.6 is 287 Å². The molecule has 416 valence electrons. The topological polar surface area (TPSA) is 9.23 Å². The molecule has 0 saturated carbocycles. The second-order valence-electron chi connectivity index (χ2n) is 18.8. The molecule has 77 heavy (non-hydrogen) atoms. The summed E-state index contributed by atoms with van der Waals surface area (Å²) in [6.07, 6.45) is 11.6. The van der Waals surface area contributed by atoms with Gasteiger partial charge in [0.05, 0.1) is 0 Å². The molecule has 0 aromatic heterocycles. The van der Waals surface area contributed by atoms with Crippen molar-refractivity contribution in [1.29, 1.82) is 0 Å². The first-order valence-electron chi connectivity index (χ1n) is 24.5. The van der Waals surface area contributed by atoms with E-state index < -0.39 is 34.9 Å². The molecule has 0 aliphatic heterocycles. The summed E-state index contributed by atoms with van der Waals surface area (Å²) in [4.78, 5) is 0. The Morgan fingerprint density at radius 2 is 0.506 bits per heavy atom. The third-order valence-corrected chi connectivity index (χ3v) is 45.9. The maximum absolute atomic E-state index is 8.68. The molecule has 0 atom stereocenters. The van der Waals surface area contributed by atoms with Crippen molar-refractivity contribution in [2.75, 3.05) is 0 Å². The van der Waals surface area contributed by atoms with Crippen molar-refractivity contribution in [2.24, 2.45) is 0 Å². The van der Waals surface area contributed by atoms with Crippen LogP contribution in [0.25, 0.3) is 0 Å². The van der Waals surface area contributed by atoms with Crippen LogP contribution in [0.5, 0.6) is 0 Å².